The first-order chi connectivity index (χ1) is 17.1. The van der Waals surface area contributed by atoms with Gasteiger partial charge in [-0.2, -0.15) is 0 Å². The van der Waals surface area contributed by atoms with Crippen molar-refractivity contribution < 1.29 is 33.4 Å². The largest absolute Gasteiger partial charge is 0.468 e. The normalized spacial score (nSPS) is 42.3. The molecule has 0 heterocycles. The summed E-state index contributed by atoms with van der Waals surface area (Å²) in [6.45, 7) is 14.0. The molecular formula is C30H44O7. The van der Waals surface area contributed by atoms with Crippen LogP contribution in [-0.4, -0.2) is 43.5 Å². The first-order valence-corrected chi connectivity index (χ1v) is 13.7. The minimum atomic E-state index is -1.49. The van der Waals surface area contributed by atoms with Gasteiger partial charge in [-0.15, -0.1) is 0 Å². The molecule has 4 aliphatic carbocycles. The SMILES string of the molecule is COC(=O)[C@]1(COC(C)=O)CC[C@]2(C)C(=CCC3[C@@]4(C)CCC(OC(C)=O)C(C)(C)C4CC[C@]32C)C1=O. The van der Waals surface area contributed by atoms with Crippen molar-refractivity contribution in [2.24, 2.45) is 38.9 Å². The van der Waals surface area contributed by atoms with Gasteiger partial charge in [0.25, 0.3) is 0 Å². The highest BCUT2D eigenvalue weighted by Crippen LogP contribution is 2.73. The van der Waals surface area contributed by atoms with Gasteiger partial charge in [0, 0.05) is 24.7 Å². The summed E-state index contributed by atoms with van der Waals surface area (Å²) in [5.41, 5.74) is -1.42. The highest BCUT2D eigenvalue weighted by atomic mass is 16.6. The van der Waals surface area contributed by atoms with E-state index in [1.807, 2.05) is 0 Å². The highest BCUT2D eigenvalue weighted by Gasteiger charge is 2.69. The molecule has 0 saturated heterocycles. The Bertz CT molecular complexity index is 1040. The fraction of sp³-hybridized carbons (Fsp3) is 0.800. The van der Waals surface area contributed by atoms with Crippen LogP contribution < -0.4 is 0 Å². The van der Waals surface area contributed by atoms with E-state index >= 15 is 0 Å². The lowest BCUT2D eigenvalue weighted by Crippen LogP contribution is -2.65. The third-order valence-corrected chi connectivity index (χ3v) is 11.5. The zero-order valence-electron chi connectivity index (χ0n) is 23.8. The van der Waals surface area contributed by atoms with Crippen LogP contribution in [-0.2, 0) is 33.4 Å². The first-order valence-electron chi connectivity index (χ1n) is 13.7. The van der Waals surface area contributed by atoms with Crippen LogP contribution in [0.1, 0.15) is 93.4 Å². The molecule has 0 radical (unpaired) electrons. The van der Waals surface area contributed by atoms with E-state index in [1.54, 1.807) is 0 Å². The third-order valence-electron chi connectivity index (χ3n) is 11.5. The Kier molecular flexibility index (Phi) is 6.73. The van der Waals surface area contributed by atoms with Crippen LogP contribution in [0, 0.1) is 38.9 Å². The highest BCUT2D eigenvalue weighted by molar-refractivity contribution is 6.14. The number of hydrogen-bond donors (Lipinski definition) is 0. The van der Waals surface area contributed by atoms with E-state index in [1.165, 1.54) is 21.0 Å². The van der Waals surface area contributed by atoms with Crippen LogP contribution in [0.25, 0.3) is 0 Å². The van der Waals surface area contributed by atoms with Gasteiger partial charge in [-0.05, 0) is 73.2 Å². The number of rotatable bonds is 4. The van der Waals surface area contributed by atoms with Crippen molar-refractivity contribution in [2.45, 2.75) is 99.5 Å². The van der Waals surface area contributed by atoms with Gasteiger partial charge in [0.2, 0.25) is 0 Å². The van der Waals surface area contributed by atoms with Gasteiger partial charge in [-0.1, -0.05) is 40.7 Å². The van der Waals surface area contributed by atoms with Crippen molar-refractivity contribution in [2.75, 3.05) is 13.7 Å². The number of fused-ring (bicyclic) bond motifs is 5. The molecule has 0 spiro atoms. The second-order valence-corrected chi connectivity index (χ2v) is 13.4. The van der Waals surface area contributed by atoms with Gasteiger partial charge in [0.1, 0.15) is 12.7 Å². The Labute approximate surface area is 221 Å². The molecule has 0 aliphatic heterocycles. The number of hydrogen-bond acceptors (Lipinski definition) is 7. The molecule has 0 aromatic carbocycles. The van der Waals surface area contributed by atoms with Crippen molar-refractivity contribution in [1.82, 2.24) is 0 Å². The monoisotopic (exact) mass is 516 g/mol. The van der Waals surface area contributed by atoms with E-state index in [2.05, 4.69) is 40.7 Å². The van der Waals surface area contributed by atoms with Crippen molar-refractivity contribution in [1.29, 1.82) is 0 Å². The van der Waals surface area contributed by atoms with E-state index in [9.17, 15) is 19.2 Å². The molecule has 0 amide bonds. The quantitative estimate of drug-likeness (QED) is 0.288. The Morgan fingerprint density at radius 2 is 1.59 bits per heavy atom. The minimum absolute atomic E-state index is 0.0376. The maximum Gasteiger partial charge on any atom is 0.323 e. The number of Topliss-reactive ketones (excluding diaryl/α,β-unsaturated/α-hetero) is 1. The molecule has 3 fully saturated rings. The van der Waals surface area contributed by atoms with Crippen molar-refractivity contribution in [3.8, 4) is 0 Å². The van der Waals surface area contributed by atoms with Crippen LogP contribution in [0.4, 0.5) is 0 Å². The van der Waals surface area contributed by atoms with E-state index in [-0.39, 0.29) is 40.7 Å². The Morgan fingerprint density at radius 3 is 2.19 bits per heavy atom. The molecule has 4 rings (SSSR count). The lowest BCUT2D eigenvalue weighted by molar-refractivity contribution is -0.209. The Morgan fingerprint density at radius 1 is 0.919 bits per heavy atom. The molecule has 0 bridgehead atoms. The van der Waals surface area contributed by atoms with E-state index in [4.69, 9.17) is 14.2 Å². The molecule has 3 unspecified atom stereocenters. The molecule has 7 atom stereocenters. The summed E-state index contributed by atoms with van der Waals surface area (Å²) in [5, 5.41) is 0. The van der Waals surface area contributed by atoms with Gasteiger partial charge in [0.05, 0.1) is 7.11 Å². The predicted molar refractivity (Wildman–Crippen MR) is 137 cm³/mol. The fourth-order valence-corrected chi connectivity index (χ4v) is 9.31. The molecule has 206 valence electrons. The summed E-state index contributed by atoms with van der Waals surface area (Å²) in [6, 6.07) is 0. The summed E-state index contributed by atoms with van der Waals surface area (Å²) in [7, 11) is 1.28. The standard InChI is InChI=1S/C30H44O7/c1-18(31)36-17-30(25(34)35-8)16-15-28(6)20(24(30)33)9-10-22-27(5)13-12-23(37-19(2)32)26(3,4)21(27)11-14-29(22,28)7/h9,21-23H,10-17H2,1-8H3/t21?,22?,23?,27-,28+,29+,30-/m0/s1. The second-order valence-electron chi connectivity index (χ2n) is 13.4. The summed E-state index contributed by atoms with van der Waals surface area (Å²) >= 11 is 0. The van der Waals surface area contributed by atoms with Crippen LogP contribution in [0.5, 0.6) is 0 Å². The molecule has 0 N–H and O–H groups in total. The average molecular weight is 517 g/mol. The maximum absolute atomic E-state index is 14.1. The van der Waals surface area contributed by atoms with Crippen molar-refractivity contribution in [3.63, 3.8) is 0 Å². The van der Waals surface area contributed by atoms with Gasteiger partial charge in [0.15, 0.2) is 11.2 Å². The number of esters is 3. The lowest BCUT2D eigenvalue weighted by atomic mass is 9.35. The molecule has 7 nitrogen and oxygen atoms in total. The Hall–Kier alpha value is -2.18. The molecule has 0 aromatic rings. The van der Waals surface area contributed by atoms with Crippen LogP contribution in [0.3, 0.4) is 0 Å². The smallest absolute Gasteiger partial charge is 0.323 e. The van der Waals surface area contributed by atoms with E-state index in [0.717, 1.165) is 32.1 Å². The number of allylic oxidation sites excluding steroid dienone is 2. The third kappa shape index (κ3) is 3.81. The van der Waals surface area contributed by atoms with Gasteiger partial charge < -0.3 is 14.2 Å². The second kappa shape index (κ2) is 8.94. The number of ether oxygens (including phenoxy) is 3. The average Bonchev–Trinajstić information content (AvgIpc) is 2.81. The van der Waals surface area contributed by atoms with Gasteiger partial charge >= 0.3 is 17.9 Å². The summed E-state index contributed by atoms with van der Waals surface area (Å²) < 4.78 is 16.1. The zero-order valence-corrected chi connectivity index (χ0v) is 23.8. The molecule has 4 aliphatic rings. The van der Waals surface area contributed by atoms with Crippen molar-refractivity contribution in [3.05, 3.63) is 11.6 Å². The van der Waals surface area contributed by atoms with Gasteiger partial charge in [-0.25, -0.2) is 0 Å². The fourth-order valence-electron chi connectivity index (χ4n) is 9.31. The van der Waals surface area contributed by atoms with Gasteiger partial charge in [-0.3, -0.25) is 19.2 Å². The van der Waals surface area contributed by atoms with E-state index in [0.29, 0.717) is 30.3 Å². The number of carbonyl (C=O) groups excluding carboxylic acids is 4. The molecule has 0 aromatic heterocycles. The van der Waals surface area contributed by atoms with Crippen LogP contribution >= 0.6 is 0 Å². The molecule has 7 heteroatoms. The number of ketones is 1. The van der Waals surface area contributed by atoms with Crippen LogP contribution in [0.15, 0.2) is 11.6 Å². The summed E-state index contributed by atoms with van der Waals surface area (Å²) in [4.78, 5) is 50.5. The topological polar surface area (TPSA) is 96.0 Å². The predicted octanol–water partition coefficient (Wildman–Crippen LogP) is 5.20. The molecule has 37 heavy (non-hydrogen) atoms. The molecular weight excluding hydrogens is 472 g/mol. The summed E-state index contributed by atoms with van der Waals surface area (Å²) in [5.74, 6) is -0.865. The Balaban J connectivity index is 1.73. The number of carbonyl (C=O) groups is 4. The van der Waals surface area contributed by atoms with E-state index < -0.39 is 22.8 Å². The minimum Gasteiger partial charge on any atom is -0.468 e. The summed E-state index contributed by atoms with van der Waals surface area (Å²) in [6.07, 6.45) is 7.48. The number of methoxy groups -OCH3 is 1. The lowest BCUT2D eigenvalue weighted by Gasteiger charge is -2.69. The van der Waals surface area contributed by atoms with Crippen LogP contribution in [0.2, 0.25) is 0 Å². The molecule has 3 saturated carbocycles. The maximum atomic E-state index is 14.1. The first kappa shape index (κ1) is 27.8. The van der Waals surface area contributed by atoms with Crippen molar-refractivity contribution >= 4 is 23.7 Å². The zero-order chi connectivity index (χ0) is 27.6.